The zero-order valence-electron chi connectivity index (χ0n) is 18.8. The number of fused-ring (bicyclic) bond motifs is 1. The first kappa shape index (κ1) is 23.5. The van der Waals surface area contributed by atoms with Gasteiger partial charge in [0.25, 0.3) is 5.91 Å². The molecule has 1 aliphatic heterocycles. The molecular weight excluding hydrogens is 491 g/mol. The molecule has 0 spiro atoms. The number of nitrogens with zero attached hydrogens (tertiary/aromatic N) is 3. The first-order valence-corrected chi connectivity index (χ1v) is 11.7. The quantitative estimate of drug-likeness (QED) is 0.355. The third-order valence-corrected chi connectivity index (χ3v) is 6.20. The molecule has 3 heterocycles. The normalized spacial score (nSPS) is 13.4. The van der Waals surface area contributed by atoms with Crippen LogP contribution in [0.3, 0.4) is 0 Å². The van der Waals surface area contributed by atoms with E-state index in [1.165, 1.54) is 28.3 Å². The average molecular weight is 510 g/mol. The van der Waals surface area contributed by atoms with Gasteiger partial charge in [-0.3, -0.25) is 9.59 Å². The zero-order chi connectivity index (χ0) is 25.4. The number of imidazole rings is 1. The van der Waals surface area contributed by atoms with Gasteiger partial charge in [0.15, 0.2) is 0 Å². The van der Waals surface area contributed by atoms with E-state index in [1.807, 2.05) is 5.38 Å². The van der Waals surface area contributed by atoms with Gasteiger partial charge in [-0.25, -0.2) is 9.98 Å². The summed E-state index contributed by atoms with van der Waals surface area (Å²) in [4.78, 5) is 33.9. The lowest BCUT2D eigenvalue weighted by molar-refractivity contribution is -0.137. The highest BCUT2D eigenvalue weighted by atomic mass is 32.1. The molecule has 2 amide bonds. The summed E-state index contributed by atoms with van der Waals surface area (Å²) in [5, 5.41) is 9.07. The van der Waals surface area contributed by atoms with Crippen LogP contribution in [0.15, 0.2) is 70.7 Å². The molecule has 11 heteroatoms. The molecule has 0 saturated carbocycles. The van der Waals surface area contributed by atoms with Crippen molar-refractivity contribution in [2.24, 2.45) is 4.99 Å². The summed E-state index contributed by atoms with van der Waals surface area (Å²) >= 11 is 1.41. The number of alkyl halides is 3. The number of amides is 2. The van der Waals surface area contributed by atoms with E-state index < -0.39 is 17.6 Å². The van der Waals surface area contributed by atoms with E-state index in [9.17, 15) is 22.8 Å². The van der Waals surface area contributed by atoms with Gasteiger partial charge in [0, 0.05) is 33.9 Å². The number of hydrogen-bond acceptors (Lipinski definition) is 5. The van der Waals surface area contributed by atoms with E-state index in [1.54, 1.807) is 42.8 Å². The number of anilines is 2. The molecule has 0 fully saturated rings. The molecule has 7 nitrogen and oxygen atoms in total. The molecule has 1 aliphatic rings. The van der Waals surface area contributed by atoms with Crippen LogP contribution in [-0.2, 0) is 11.0 Å². The van der Waals surface area contributed by atoms with Crippen molar-refractivity contribution >= 4 is 45.9 Å². The van der Waals surface area contributed by atoms with Crippen LogP contribution in [0.1, 0.15) is 33.6 Å². The van der Waals surface area contributed by atoms with Crippen LogP contribution in [0.25, 0.3) is 5.69 Å². The molecule has 36 heavy (non-hydrogen) atoms. The van der Waals surface area contributed by atoms with Crippen molar-refractivity contribution in [3.63, 3.8) is 0 Å². The van der Waals surface area contributed by atoms with Crippen molar-refractivity contribution in [3.05, 3.63) is 88.1 Å². The van der Waals surface area contributed by atoms with Crippen LogP contribution >= 0.6 is 11.3 Å². The number of nitrogens with one attached hydrogen (secondary N) is 2. The van der Waals surface area contributed by atoms with Crippen molar-refractivity contribution in [3.8, 4) is 5.69 Å². The Labute approximate surface area is 207 Å². The van der Waals surface area contributed by atoms with E-state index in [0.717, 1.165) is 12.1 Å². The Balaban J connectivity index is 1.45. The molecule has 0 aliphatic carbocycles. The van der Waals surface area contributed by atoms with Crippen molar-refractivity contribution < 1.29 is 22.8 Å². The monoisotopic (exact) mass is 509 g/mol. The lowest BCUT2D eigenvalue weighted by Crippen LogP contribution is -2.16. The van der Waals surface area contributed by atoms with E-state index in [2.05, 4.69) is 20.6 Å². The summed E-state index contributed by atoms with van der Waals surface area (Å²) in [6.07, 6.45) is -1.64. The highest BCUT2D eigenvalue weighted by Crippen LogP contribution is 2.34. The number of aryl methyl sites for hydroxylation is 1. The van der Waals surface area contributed by atoms with Crippen molar-refractivity contribution in [1.82, 2.24) is 9.55 Å². The minimum atomic E-state index is -4.64. The van der Waals surface area contributed by atoms with Crippen LogP contribution in [-0.4, -0.2) is 27.1 Å². The Bertz CT molecular complexity index is 1520. The number of thiophene rings is 1. The van der Waals surface area contributed by atoms with Gasteiger partial charge in [-0.1, -0.05) is 12.1 Å². The molecule has 2 aromatic carbocycles. The van der Waals surface area contributed by atoms with Gasteiger partial charge < -0.3 is 15.2 Å². The second kappa shape index (κ2) is 9.08. The van der Waals surface area contributed by atoms with Gasteiger partial charge in [-0.2, -0.15) is 13.2 Å². The van der Waals surface area contributed by atoms with Gasteiger partial charge in [0.1, 0.15) is 0 Å². The number of aromatic nitrogens is 2. The SMILES string of the molecule is Cc1cn(-c2cc(C(=O)Nc3cccc(C4=Nc5cscc5NC(=O)C4)c3)cc(C(F)(F)F)c2)cn1. The second-order valence-corrected chi connectivity index (χ2v) is 8.92. The van der Waals surface area contributed by atoms with Gasteiger partial charge in [-0.05, 0) is 42.8 Å². The Morgan fingerprint density at radius 3 is 2.75 bits per heavy atom. The fraction of sp³-hybridized carbons (Fsp3) is 0.120. The summed E-state index contributed by atoms with van der Waals surface area (Å²) in [7, 11) is 0. The maximum Gasteiger partial charge on any atom is 0.416 e. The Hall–Kier alpha value is -4.25. The van der Waals surface area contributed by atoms with E-state index >= 15 is 0 Å². The highest BCUT2D eigenvalue weighted by Gasteiger charge is 2.32. The number of hydrogen-bond donors (Lipinski definition) is 2. The minimum Gasteiger partial charge on any atom is -0.323 e. The number of halogens is 3. The standard InChI is InChI=1S/C25H18F3N5O2S/c1-14-10-33(13-29-14)19-7-16(5-17(8-19)25(26,27)28)24(35)30-18-4-2-3-15(6-18)20-9-23(34)32-22-12-36-11-21(22)31-20/h2-8,10-13H,9H2,1H3,(H,30,35)(H,32,34). The van der Waals surface area contributed by atoms with Crippen LogP contribution in [0.2, 0.25) is 0 Å². The Kier molecular flexibility index (Phi) is 5.92. The summed E-state index contributed by atoms with van der Waals surface area (Å²) in [6, 6.07) is 9.82. The third-order valence-electron chi connectivity index (χ3n) is 5.47. The second-order valence-electron chi connectivity index (χ2n) is 8.18. The predicted octanol–water partition coefficient (Wildman–Crippen LogP) is 5.98. The smallest absolute Gasteiger partial charge is 0.323 e. The number of carbonyl (C=O) groups is 2. The minimum absolute atomic E-state index is 0.0397. The molecule has 4 aromatic rings. The number of rotatable bonds is 4. The third kappa shape index (κ3) is 4.91. The molecule has 0 unspecified atom stereocenters. The summed E-state index contributed by atoms with van der Waals surface area (Å²) in [5.74, 6) is -0.927. The topological polar surface area (TPSA) is 88.4 Å². The number of carbonyl (C=O) groups excluding carboxylic acids is 2. The van der Waals surface area contributed by atoms with Gasteiger partial charge in [-0.15, -0.1) is 11.3 Å². The lowest BCUT2D eigenvalue weighted by atomic mass is 10.1. The van der Waals surface area contributed by atoms with Gasteiger partial charge >= 0.3 is 6.18 Å². The zero-order valence-corrected chi connectivity index (χ0v) is 19.6. The average Bonchev–Trinajstić information content (AvgIpc) is 3.43. The molecule has 2 aromatic heterocycles. The van der Waals surface area contributed by atoms with Crippen LogP contribution in [0, 0.1) is 6.92 Å². The molecule has 5 rings (SSSR count). The van der Waals surface area contributed by atoms with Crippen LogP contribution in [0.5, 0.6) is 0 Å². The maximum atomic E-state index is 13.6. The lowest BCUT2D eigenvalue weighted by Gasteiger charge is -2.13. The predicted molar refractivity (Wildman–Crippen MR) is 131 cm³/mol. The van der Waals surface area contributed by atoms with E-state index in [0.29, 0.717) is 34.0 Å². The summed E-state index contributed by atoms with van der Waals surface area (Å²) in [6.45, 7) is 1.71. The van der Waals surface area contributed by atoms with Crippen molar-refractivity contribution in [2.75, 3.05) is 10.6 Å². The molecule has 0 atom stereocenters. The van der Waals surface area contributed by atoms with Gasteiger partial charge in [0.05, 0.1) is 41.1 Å². The fourth-order valence-corrected chi connectivity index (χ4v) is 4.46. The van der Waals surface area contributed by atoms with Crippen LogP contribution < -0.4 is 10.6 Å². The first-order valence-electron chi connectivity index (χ1n) is 10.7. The summed E-state index contributed by atoms with van der Waals surface area (Å²) in [5.41, 5.74) is 2.43. The first-order chi connectivity index (χ1) is 17.2. The number of benzene rings is 2. The van der Waals surface area contributed by atoms with E-state index in [-0.39, 0.29) is 23.6 Å². The molecule has 182 valence electrons. The van der Waals surface area contributed by atoms with Crippen molar-refractivity contribution in [2.45, 2.75) is 19.5 Å². The highest BCUT2D eigenvalue weighted by molar-refractivity contribution is 7.09. The molecular formula is C25H18F3N5O2S. The van der Waals surface area contributed by atoms with Gasteiger partial charge in [0.2, 0.25) is 5.91 Å². The van der Waals surface area contributed by atoms with E-state index in [4.69, 9.17) is 0 Å². The summed E-state index contributed by atoms with van der Waals surface area (Å²) < 4.78 is 42.1. The molecule has 0 radical (unpaired) electrons. The fourth-order valence-electron chi connectivity index (χ4n) is 3.77. The molecule has 0 saturated heterocycles. The Morgan fingerprint density at radius 1 is 1.17 bits per heavy atom. The molecule has 0 bridgehead atoms. The van der Waals surface area contributed by atoms with Crippen molar-refractivity contribution in [1.29, 1.82) is 0 Å². The Morgan fingerprint density at radius 2 is 2.00 bits per heavy atom. The maximum absolute atomic E-state index is 13.6. The number of aliphatic imine (C=N–C) groups is 1. The van der Waals surface area contributed by atoms with Crippen LogP contribution in [0.4, 0.5) is 30.2 Å². The molecule has 2 N–H and O–H groups in total. The largest absolute Gasteiger partial charge is 0.416 e.